The van der Waals surface area contributed by atoms with Gasteiger partial charge in [0.2, 0.25) is 0 Å². The summed E-state index contributed by atoms with van der Waals surface area (Å²) in [6.45, 7) is 3.63. The van der Waals surface area contributed by atoms with Crippen molar-refractivity contribution in [2.75, 3.05) is 6.61 Å². The normalized spacial score (nSPS) is 14.9. The van der Waals surface area contributed by atoms with E-state index >= 15 is 0 Å². The molecular formula is C11H16O3. The lowest BCUT2D eigenvalue weighted by Gasteiger charge is -2.10. The topological polar surface area (TPSA) is 49.7 Å². The zero-order valence-electron chi connectivity index (χ0n) is 8.47. The maximum atomic E-state index is 9.32. The third-order valence-electron chi connectivity index (χ3n) is 1.83. The molecule has 0 heterocycles. The maximum Gasteiger partial charge on any atom is 0.119 e. The maximum absolute atomic E-state index is 9.32. The molecule has 0 aliphatic carbocycles. The third-order valence-corrected chi connectivity index (χ3v) is 1.83. The van der Waals surface area contributed by atoms with Gasteiger partial charge in [0.15, 0.2) is 0 Å². The highest BCUT2D eigenvalue weighted by molar-refractivity contribution is 5.29. The van der Waals surface area contributed by atoms with Crippen LogP contribution in [-0.4, -0.2) is 22.9 Å². The molecule has 14 heavy (non-hydrogen) atoms. The lowest BCUT2D eigenvalue weighted by atomic mass is 10.1. The molecule has 2 atom stereocenters. The molecule has 0 fully saturated rings. The van der Waals surface area contributed by atoms with Gasteiger partial charge >= 0.3 is 0 Å². The molecule has 1 aromatic carbocycles. The van der Waals surface area contributed by atoms with Crippen molar-refractivity contribution in [3.63, 3.8) is 0 Å². The predicted octanol–water partition coefficient (Wildman–Crippen LogP) is 1.50. The molecule has 1 rings (SSSR count). The fourth-order valence-corrected chi connectivity index (χ4v) is 1.08. The minimum Gasteiger partial charge on any atom is -0.491 e. The Morgan fingerprint density at radius 2 is 2.00 bits per heavy atom. The fourth-order valence-electron chi connectivity index (χ4n) is 1.08. The molecule has 2 unspecified atom stereocenters. The molecule has 0 radical (unpaired) electrons. The highest BCUT2D eigenvalue weighted by Crippen LogP contribution is 2.18. The average Bonchev–Trinajstić information content (AvgIpc) is 2.15. The summed E-state index contributed by atoms with van der Waals surface area (Å²) in [7, 11) is 0. The van der Waals surface area contributed by atoms with Gasteiger partial charge in [-0.1, -0.05) is 12.1 Å². The number of ether oxygens (including phenoxy) is 1. The lowest BCUT2D eigenvalue weighted by Crippen LogP contribution is -2.12. The summed E-state index contributed by atoms with van der Waals surface area (Å²) in [6.07, 6.45) is -0.977. The van der Waals surface area contributed by atoms with Crippen molar-refractivity contribution >= 4 is 0 Å². The second kappa shape index (κ2) is 4.98. The first-order valence-corrected chi connectivity index (χ1v) is 4.68. The SMILES string of the molecule is CC(O)COc1cccc(C(C)O)c1. The van der Waals surface area contributed by atoms with Crippen molar-refractivity contribution in [2.24, 2.45) is 0 Å². The summed E-state index contributed by atoms with van der Waals surface area (Å²) >= 11 is 0. The molecule has 1 aromatic rings. The van der Waals surface area contributed by atoms with Gasteiger partial charge in [0.25, 0.3) is 0 Å². The first-order chi connectivity index (χ1) is 6.59. The van der Waals surface area contributed by atoms with E-state index in [4.69, 9.17) is 9.84 Å². The van der Waals surface area contributed by atoms with E-state index in [1.165, 1.54) is 0 Å². The molecular weight excluding hydrogens is 180 g/mol. The molecule has 0 saturated carbocycles. The van der Waals surface area contributed by atoms with Crippen molar-refractivity contribution in [3.05, 3.63) is 29.8 Å². The standard InChI is InChI=1S/C11H16O3/c1-8(12)7-14-11-5-3-4-10(6-11)9(2)13/h3-6,8-9,12-13H,7H2,1-2H3. The molecule has 0 spiro atoms. The van der Waals surface area contributed by atoms with E-state index in [0.29, 0.717) is 5.75 Å². The van der Waals surface area contributed by atoms with Gasteiger partial charge in [-0.2, -0.15) is 0 Å². The number of hydrogen-bond acceptors (Lipinski definition) is 3. The summed E-state index contributed by atoms with van der Waals surface area (Å²) < 4.78 is 5.30. The first kappa shape index (κ1) is 11.0. The van der Waals surface area contributed by atoms with Crippen LogP contribution in [0.1, 0.15) is 25.5 Å². The van der Waals surface area contributed by atoms with E-state index in [0.717, 1.165) is 5.56 Å². The molecule has 0 saturated heterocycles. The Balaban J connectivity index is 2.64. The van der Waals surface area contributed by atoms with Gasteiger partial charge < -0.3 is 14.9 Å². The minimum atomic E-state index is -0.495. The van der Waals surface area contributed by atoms with E-state index < -0.39 is 12.2 Å². The lowest BCUT2D eigenvalue weighted by molar-refractivity contribution is 0.122. The Kier molecular flexibility index (Phi) is 3.92. The van der Waals surface area contributed by atoms with E-state index in [1.807, 2.05) is 12.1 Å². The zero-order valence-corrected chi connectivity index (χ0v) is 8.47. The summed E-state index contributed by atoms with van der Waals surface area (Å²) in [5, 5.41) is 18.3. The highest BCUT2D eigenvalue weighted by Gasteiger charge is 2.03. The van der Waals surface area contributed by atoms with Gasteiger partial charge in [-0.05, 0) is 31.5 Å². The quantitative estimate of drug-likeness (QED) is 0.767. The molecule has 0 aliphatic rings. The van der Waals surface area contributed by atoms with E-state index in [1.54, 1.807) is 26.0 Å². The van der Waals surface area contributed by atoms with Crippen LogP contribution in [0.25, 0.3) is 0 Å². The third kappa shape index (κ3) is 3.36. The number of benzene rings is 1. The number of aliphatic hydroxyl groups excluding tert-OH is 2. The molecule has 0 aromatic heterocycles. The monoisotopic (exact) mass is 196 g/mol. The second-order valence-corrected chi connectivity index (χ2v) is 3.41. The van der Waals surface area contributed by atoms with Crippen LogP contribution in [0.3, 0.4) is 0 Å². The molecule has 3 nitrogen and oxygen atoms in total. The van der Waals surface area contributed by atoms with E-state index in [9.17, 15) is 5.11 Å². The Hall–Kier alpha value is -1.06. The molecule has 0 amide bonds. The predicted molar refractivity (Wildman–Crippen MR) is 54.3 cm³/mol. The van der Waals surface area contributed by atoms with Crippen LogP contribution in [-0.2, 0) is 0 Å². The van der Waals surface area contributed by atoms with Crippen molar-refractivity contribution in [2.45, 2.75) is 26.1 Å². The average molecular weight is 196 g/mol. The number of aliphatic hydroxyl groups is 2. The molecule has 0 bridgehead atoms. The van der Waals surface area contributed by atoms with Crippen molar-refractivity contribution in [1.29, 1.82) is 0 Å². The largest absolute Gasteiger partial charge is 0.491 e. The van der Waals surface area contributed by atoms with Gasteiger partial charge in [-0.15, -0.1) is 0 Å². The van der Waals surface area contributed by atoms with Crippen molar-refractivity contribution in [3.8, 4) is 5.75 Å². The molecule has 3 heteroatoms. The smallest absolute Gasteiger partial charge is 0.119 e. The van der Waals surface area contributed by atoms with Crippen molar-refractivity contribution < 1.29 is 14.9 Å². The van der Waals surface area contributed by atoms with Crippen LogP contribution < -0.4 is 4.74 Å². The first-order valence-electron chi connectivity index (χ1n) is 4.68. The van der Waals surface area contributed by atoms with E-state index in [2.05, 4.69) is 0 Å². The number of hydrogen-bond donors (Lipinski definition) is 2. The Bertz CT molecular complexity index is 282. The van der Waals surface area contributed by atoms with Crippen molar-refractivity contribution in [1.82, 2.24) is 0 Å². The highest BCUT2D eigenvalue weighted by atomic mass is 16.5. The van der Waals surface area contributed by atoms with Gasteiger partial charge in [0.05, 0.1) is 12.2 Å². The summed E-state index contributed by atoms with van der Waals surface area (Å²) in [4.78, 5) is 0. The molecule has 0 aliphatic heterocycles. The Morgan fingerprint density at radius 3 is 2.57 bits per heavy atom. The molecule has 78 valence electrons. The van der Waals surface area contributed by atoms with Crippen LogP contribution in [0.15, 0.2) is 24.3 Å². The Labute approximate surface area is 84.0 Å². The second-order valence-electron chi connectivity index (χ2n) is 3.41. The Morgan fingerprint density at radius 1 is 1.29 bits per heavy atom. The zero-order chi connectivity index (χ0) is 10.6. The van der Waals surface area contributed by atoms with Gasteiger partial charge in [-0.3, -0.25) is 0 Å². The summed E-state index contributed by atoms with van der Waals surface area (Å²) in [5.41, 5.74) is 0.813. The van der Waals surface area contributed by atoms with E-state index in [-0.39, 0.29) is 6.61 Å². The minimum absolute atomic E-state index is 0.267. The fraction of sp³-hybridized carbons (Fsp3) is 0.455. The van der Waals surface area contributed by atoms with Crippen LogP contribution in [0, 0.1) is 0 Å². The van der Waals surface area contributed by atoms with Crippen LogP contribution in [0.5, 0.6) is 5.75 Å². The number of rotatable bonds is 4. The van der Waals surface area contributed by atoms with Gasteiger partial charge in [0.1, 0.15) is 12.4 Å². The van der Waals surface area contributed by atoms with Gasteiger partial charge in [-0.25, -0.2) is 0 Å². The van der Waals surface area contributed by atoms with Crippen LogP contribution >= 0.6 is 0 Å². The summed E-state index contributed by atoms with van der Waals surface area (Å²) in [6, 6.07) is 7.22. The molecule has 2 N–H and O–H groups in total. The van der Waals surface area contributed by atoms with Gasteiger partial charge in [0, 0.05) is 0 Å². The van der Waals surface area contributed by atoms with Crippen LogP contribution in [0.4, 0.5) is 0 Å². The van der Waals surface area contributed by atoms with Crippen LogP contribution in [0.2, 0.25) is 0 Å². The summed E-state index contributed by atoms with van der Waals surface area (Å²) in [5.74, 6) is 0.671.